The lowest BCUT2D eigenvalue weighted by atomic mass is 9.93. The second kappa shape index (κ2) is 2.51. The summed E-state index contributed by atoms with van der Waals surface area (Å²) in [6.07, 6.45) is 3.77. The molecule has 0 bridgehead atoms. The molecule has 0 amide bonds. The molecule has 1 aliphatic heterocycles. The fourth-order valence-electron chi connectivity index (χ4n) is 1.88. The molecule has 1 aliphatic carbocycles. The molecule has 2 rings (SSSR count). The Morgan fingerprint density at radius 1 is 1.10 bits per heavy atom. The van der Waals surface area contributed by atoms with E-state index in [-0.39, 0.29) is 6.10 Å². The molecular weight excluding hydrogens is 126 g/mol. The fraction of sp³-hybridized carbons (Fsp3) is 1.00. The number of hydrogen-bond acceptors (Lipinski definition) is 2. The summed E-state index contributed by atoms with van der Waals surface area (Å²) in [7, 11) is 0. The van der Waals surface area contributed by atoms with Crippen LogP contribution in [0.1, 0.15) is 19.3 Å². The zero-order valence-corrected chi connectivity index (χ0v) is 6.21. The molecule has 0 spiro atoms. The smallest absolute Gasteiger partial charge is 0.0667 e. The van der Waals surface area contributed by atoms with Gasteiger partial charge in [0.2, 0.25) is 0 Å². The first-order chi connectivity index (χ1) is 4.86. The molecule has 2 nitrogen and oxygen atoms in total. The third-order valence-electron chi connectivity index (χ3n) is 2.65. The molecule has 1 saturated carbocycles. The zero-order chi connectivity index (χ0) is 6.97. The second-order valence-electron chi connectivity index (χ2n) is 3.65. The minimum absolute atomic E-state index is 0.0700. The molecule has 1 heterocycles. The highest BCUT2D eigenvalue weighted by molar-refractivity contribution is 4.87. The highest BCUT2D eigenvalue weighted by Gasteiger charge is 2.33. The molecule has 2 N–H and O–H groups in total. The minimum Gasteiger partial charge on any atom is -0.392 e. The molecule has 10 heavy (non-hydrogen) atoms. The van der Waals surface area contributed by atoms with Crippen LogP contribution in [-0.2, 0) is 0 Å². The molecule has 2 aliphatic rings. The van der Waals surface area contributed by atoms with Crippen LogP contribution in [-0.4, -0.2) is 24.3 Å². The molecule has 0 aromatic carbocycles. The van der Waals surface area contributed by atoms with E-state index in [1.807, 2.05) is 0 Å². The summed E-state index contributed by atoms with van der Waals surface area (Å²) in [5, 5.41) is 12.5. The van der Waals surface area contributed by atoms with E-state index < -0.39 is 0 Å². The third-order valence-corrected chi connectivity index (χ3v) is 2.65. The second-order valence-corrected chi connectivity index (χ2v) is 3.65. The minimum atomic E-state index is -0.0700. The van der Waals surface area contributed by atoms with E-state index in [0.717, 1.165) is 31.3 Å². The highest BCUT2D eigenvalue weighted by atomic mass is 16.3. The molecule has 2 heteroatoms. The lowest BCUT2D eigenvalue weighted by Crippen LogP contribution is -2.40. The molecule has 1 saturated heterocycles. The zero-order valence-electron chi connectivity index (χ0n) is 6.21. The van der Waals surface area contributed by atoms with E-state index in [1.54, 1.807) is 0 Å². The van der Waals surface area contributed by atoms with Crippen molar-refractivity contribution in [1.82, 2.24) is 5.32 Å². The van der Waals surface area contributed by atoms with Crippen LogP contribution in [0.25, 0.3) is 0 Å². The predicted molar refractivity (Wildman–Crippen MR) is 39.7 cm³/mol. The van der Waals surface area contributed by atoms with Gasteiger partial charge in [0.05, 0.1) is 6.10 Å². The van der Waals surface area contributed by atoms with Crippen molar-refractivity contribution >= 4 is 0 Å². The van der Waals surface area contributed by atoms with Crippen LogP contribution >= 0.6 is 0 Å². The number of nitrogens with one attached hydrogen (secondary N) is 1. The lowest BCUT2D eigenvalue weighted by molar-refractivity contribution is 0.107. The van der Waals surface area contributed by atoms with Crippen molar-refractivity contribution in [2.45, 2.75) is 25.4 Å². The van der Waals surface area contributed by atoms with Gasteiger partial charge in [0.15, 0.2) is 0 Å². The molecule has 0 aromatic rings. The first-order valence-corrected chi connectivity index (χ1v) is 4.25. The van der Waals surface area contributed by atoms with Crippen molar-refractivity contribution in [3.05, 3.63) is 0 Å². The van der Waals surface area contributed by atoms with Gasteiger partial charge in [-0.2, -0.15) is 0 Å². The van der Waals surface area contributed by atoms with Crippen molar-refractivity contribution in [2.75, 3.05) is 13.1 Å². The highest BCUT2D eigenvalue weighted by Crippen LogP contribution is 2.39. The van der Waals surface area contributed by atoms with E-state index in [9.17, 15) is 5.11 Å². The van der Waals surface area contributed by atoms with Gasteiger partial charge in [0.25, 0.3) is 0 Å². The summed E-state index contributed by atoms with van der Waals surface area (Å²) in [6.45, 7) is 1.95. The number of aliphatic hydroxyl groups is 1. The average molecular weight is 141 g/mol. The SMILES string of the molecule is O[C@H]1CNC[C@@H](C2CC2)C1. The number of aliphatic hydroxyl groups excluding tert-OH is 1. The standard InChI is InChI=1S/C8H15NO/c10-8-3-7(4-9-5-8)6-1-2-6/h6-10H,1-5H2/t7-,8+/m0/s1. The largest absolute Gasteiger partial charge is 0.392 e. The molecule has 0 unspecified atom stereocenters. The first-order valence-electron chi connectivity index (χ1n) is 4.25. The fourth-order valence-corrected chi connectivity index (χ4v) is 1.88. The van der Waals surface area contributed by atoms with E-state index in [4.69, 9.17) is 0 Å². The van der Waals surface area contributed by atoms with Gasteiger partial charge in [-0.3, -0.25) is 0 Å². The maximum Gasteiger partial charge on any atom is 0.0667 e. The Balaban J connectivity index is 1.84. The van der Waals surface area contributed by atoms with Gasteiger partial charge >= 0.3 is 0 Å². The summed E-state index contributed by atoms with van der Waals surface area (Å²) >= 11 is 0. The maximum absolute atomic E-state index is 9.29. The van der Waals surface area contributed by atoms with Crippen LogP contribution in [0, 0.1) is 11.8 Å². The molecule has 2 atom stereocenters. The van der Waals surface area contributed by atoms with E-state index in [1.165, 1.54) is 12.8 Å². The van der Waals surface area contributed by atoms with Gasteiger partial charge in [-0.15, -0.1) is 0 Å². The Morgan fingerprint density at radius 2 is 1.90 bits per heavy atom. The predicted octanol–water partition coefficient (Wildman–Crippen LogP) is 0.367. The summed E-state index contributed by atoms with van der Waals surface area (Å²) < 4.78 is 0. The summed E-state index contributed by atoms with van der Waals surface area (Å²) in [5.74, 6) is 1.73. The Kier molecular flexibility index (Phi) is 1.66. The summed E-state index contributed by atoms with van der Waals surface area (Å²) in [6, 6.07) is 0. The first kappa shape index (κ1) is 6.62. The van der Waals surface area contributed by atoms with Crippen LogP contribution < -0.4 is 5.32 Å². The van der Waals surface area contributed by atoms with E-state index in [0.29, 0.717) is 0 Å². The van der Waals surface area contributed by atoms with Gasteiger partial charge in [0, 0.05) is 6.54 Å². The average Bonchev–Trinajstić information content (AvgIpc) is 2.68. The maximum atomic E-state index is 9.29. The van der Waals surface area contributed by atoms with Crippen LogP contribution in [0.3, 0.4) is 0 Å². The monoisotopic (exact) mass is 141 g/mol. The number of hydrogen-bond donors (Lipinski definition) is 2. The molecule has 58 valence electrons. The molecular formula is C8H15NO. The van der Waals surface area contributed by atoms with Gasteiger partial charge in [-0.25, -0.2) is 0 Å². The quantitative estimate of drug-likeness (QED) is 0.553. The van der Waals surface area contributed by atoms with Crippen molar-refractivity contribution in [2.24, 2.45) is 11.8 Å². The van der Waals surface area contributed by atoms with Gasteiger partial charge in [-0.05, 0) is 37.6 Å². The Hall–Kier alpha value is -0.0800. The van der Waals surface area contributed by atoms with Crippen molar-refractivity contribution in [3.63, 3.8) is 0 Å². The van der Waals surface area contributed by atoms with Crippen molar-refractivity contribution < 1.29 is 5.11 Å². The van der Waals surface area contributed by atoms with Gasteiger partial charge < -0.3 is 10.4 Å². The summed E-state index contributed by atoms with van der Waals surface area (Å²) in [5.41, 5.74) is 0. The van der Waals surface area contributed by atoms with Crippen molar-refractivity contribution in [1.29, 1.82) is 0 Å². The Labute approximate surface area is 61.6 Å². The number of β-amino-alcohol motifs (C(OH)–C–C–N with tert-alkyl or cyclic N) is 1. The van der Waals surface area contributed by atoms with Crippen LogP contribution in [0.15, 0.2) is 0 Å². The normalized spacial score (nSPS) is 41.7. The van der Waals surface area contributed by atoms with Gasteiger partial charge in [-0.1, -0.05) is 0 Å². The molecule has 2 fully saturated rings. The Morgan fingerprint density at radius 3 is 2.50 bits per heavy atom. The summed E-state index contributed by atoms with van der Waals surface area (Å²) in [4.78, 5) is 0. The van der Waals surface area contributed by atoms with E-state index in [2.05, 4.69) is 5.32 Å². The molecule has 0 aromatic heterocycles. The topological polar surface area (TPSA) is 32.3 Å². The molecule has 0 radical (unpaired) electrons. The van der Waals surface area contributed by atoms with E-state index >= 15 is 0 Å². The number of piperidine rings is 1. The van der Waals surface area contributed by atoms with Crippen molar-refractivity contribution in [3.8, 4) is 0 Å². The van der Waals surface area contributed by atoms with Gasteiger partial charge in [0.1, 0.15) is 0 Å². The third kappa shape index (κ3) is 1.32. The van der Waals surface area contributed by atoms with Crippen LogP contribution in [0.4, 0.5) is 0 Å². The Bertz CT molecular complexity index is 122. The number of rotatable bonds is 1. The van der Waals surface area contributed by atoms with Crippen LogP contribution in [0.5, 0.6) is 0 Å². The lowest BCUT2D eigenvalue weighted by Gasteiger charge is -2.26. The van der Waals surface area contributed by atoms with Crippen LogP contribution in [0.2, 0.25) is 0 Å².